The first-order valence-corrected chi connectivity index (χ1v) is 11.2. The van der Waals surface area contributed by atoms with Gasteiger partial charge in [0, 0.05) is 26.3 Å². The number of rotatable bonds is 8. The number of nitrogens with two attached hydrogens (primary N) is 1. The van der Waals surface area contributed by atoms with Gasteiger partial charge in [-0.1, -0.05) is 13.3 Å². The molecule has 1 aliphatic rings. The maximum Gasteiger partial charge on any atom is 0.407 e. The second-order valence-corrected chi connectivity index (χ2v) is 9.13. The lowest BCUT2D eigenvalue weighted by Gasteiger charge is -2.31. The van der Waals surface area contributed by atoms with Gasteiger partial charge in [0.1, 0.15) is 28.8 Å². The number of ether oxygens (including phenoxy) is 1. The van der Waals surface area contributed by atoms with E-state index in [0.717, 1.165) is 61.1 Å². The lowest BCUT2D eigenvalue weighted by atomic mass is 10.1. The predicted molar refractivity (Wildman–Crippen MR) is 126 cm³/mol. The largest absolute Gasteiger partial charge is 0.444 e. The van der Waals surface area contributed by atoms with Gasteiger partial charge in [0.15, 0.2) is 0 Å². The summed E-state index contributed by atoms with van der Waals surface area (Å²) >= 11 is 0. The third-order valence-electron chi connectivity index (χ3n) is 5.48. The van der Waals surface area contributed by atoms with Crippen molar-refractivity contribution in [2.24, 2.45) is 0 Å². The Morgan fingerprint density at radius 2 is 2.03 bits per heavy atom. The van der Waals surface area contributed by atoms with Crippen molar-refractivity contribution in [1.29, 1.82) is 0 Å². The van der Waals surface area contributed by atoms with Gasteiger partial charge in [0.25, 0.3) is 0 Å². The van der Waals surface area contributed by atoms with Gasteiger partial charge in [-0.2, -0.15) is 0 Å². The van der Waals surface area contributed by atoms with Gasteiger partial charge < -0.3 is 25.6 Å². The molecule has 0 saturated heterocycles. The van der Waals surface area contributed by atoms with E-state index in [0.29, 0.717) is 12.4 Å². The molecule has 1 aliphatic heterocycles. The predicted octanol–water partition coefficient (Wildman–Crippen LogP) is 4.29. The highest BCUT2D eigenvalue weighted by Crippen LogP contribution is 2.46. The van der Waals surface area contributed by atoms with Crippen LogP contribution in [0.15, 0.2) is 18.3 Å². The first kappa shape index (κ1) is 22.9. The van der Waals surface area contributed by atoms with E-state index in [1.807, 2.05) is 39.1 Å². The molecule has 0 aliphatic carbocycles. The first-order chi connectivity index (χ1) is 14.7. The van der Waals surface area contributed by atoms with Gasteiger partial charge in [-0.15, -0.1) is 0 Å². The van der Waals surface area contributed by atoms with Crippen molar-refractivity contribution in [3.63, 3.8) is 0 Å². The minimum absolute atomic E-state index is 0.227. The van der Waals surface area contributed by atoms with Crippen molar-refractivity contribution >= 4 is 34.3 Å². The van der Waals surface area contributed by atoms with E-state index in [-0.39, 0.29) is 12.3 Å². The van der Waals surface area contributed by atoms with E-state index in [4.69, 9.17) is 10.5 Å². The van der Waals surface area contributed by atoms with Crippen LogP contribution in [0.4, 0.5) is 22.0 Å². The standard InChI is InChI=1S/C23H36N6O2/c1-6-7-12-17-28(5)20-19(18-16(27-21(20)24)11-10-14-25-18)29(17)15-9-8-13-26-22(30)31-23(2,3)4/h10-11,14,17H,6-9,12-13,15H2,1-5H3,(H2,24,27)(H,26,30). The summed E-state index contributed by atoms with van der Waals surface area (Å²) in [5, 5.41) is 2.84. The number of fused-ring (bicyclic) bond motifs is 3. The molecule has 0 fully saturated rings. The number of unbranched alkanes of at least 4 members (excludes halogenated alkanes) is 2. The summed E-state index contributed by atoms with van der Waals surface area (Å²) in [4.78, 5) is 25.8. The van der Waals surface area contributed by atoms with Crippen LogP contribution in [0.25, 0.3) is 11.0 Å². The maximum atomic E-state index is 11.9. The smallest absolute Gasteiger partial charge is 0.407 e. The van der Waals surface area contributed by atoms with Crippen molar-refractivity contribution in [1.82, 2.24) is 15.3 Å². The summed E-state index contributed by atoms with van der Waals surface area (Å²) < 4.78 is 5.30. The Kier molecular flexibility index (Phi) is 7.08. The topological polar surface area (TPSA) is 96.6 Å². The number of amides is 1. The van der Waals surface area contributed by atoms with E-state index in [9.17, 15) is 4.79 Å². The summed E-state index contributed by atoms with van der Waals surface area (Å²) in [6.45, 7) is 9.25. The molecule has 0 bridgehead atoms. The van der Waals surface area contributed by atoms with Crippen molar-refractivity contribution in [3.05, 3.63) is 18.3 Å². The highest BCUT2D eigenvalue weighted by molar-refractivity contribution is 6.02. The van der Waals surface area contributed by atoms with Gasteiger partial charge in [-0.3, -0.25) is 4.98 Å². The molecule has 0 saturated carbocycles. The second-order valence-electron chi connectivity index (χ2n) is 9.13. The first-order valence-electron chi connectivity index (χ1n) is 11.2. The minimum atomic E-state index is -0.484. The van der Waals surface area contributed by atoms with E-state index in [2.05, 4.69) is 39.1 Å². The fourth-order valence-corrected chi connectivity index (χ4v) is 4.12. The molecule has 3 N–H and O–H groups in total. The number of nitrogens with zero attached hydrogens (tertiary/aromatic N) is 4. The average Bonchev–Trinajstić information content (AvgIpc) is 2.97. The highest BCUT2D eigenvalue weighted by Gasteiger charge is 2.37. The number of aromatic nitrogens is 2. The normalized spacial score (nSPS) is 16.0. The molecule has 0 spiro atoms. The van der Waals surface area contributed by atoms with Gasteiger partial charge in [0.05, 0.1) is 11.2 Å². The third kappa shape index (κ3) is 5.29. The van der Waals surface area contributed by atoms with Crippen molar-refractivity contribution < 1.29 is 9.53 Å². The van der Waals surface area contributed by atoms with E-state index in [1.54, 1.807) is 0 Å². The summed E-state index contributed by atoms with van der Waals surface area (Å²) in [6, 6.07) is 3.85. The Morgan fingerprint density at radius 3 is 2.74 bits per heavy atom. The number of hydrogen-bond donors (Lipinski definition) is 2. The molecule has 0 radical (unpaired) electrons. The summed E-state index contributed by atoms with van der Waals surface area (Å²) in [6.07, 6.45) is 6.79. The molecule has 3 heterocycles. The van der Waals surface area contributed by atoms with Crippen molar-refractivity contribution in [2.75, 3.05) is 35.7 Å². The molecule has 8 heteroatoms. The number of pyridine rings is 2. The number of nitrogen functional groups attached to an aromatic ring is 1. The number of nitrogens with one attached hydrogen (secondary N) is 1. The Labute approximate surface area is 185 Å². The van der Waals surface area contributed by atoms with Gasteiger partial charge in [-0.25, -0.2) is 9.78 Å². The average molecular weight is 429 g/mol. The van der Waals surface area contributed by atoms with Crippen LogP contribution < -0.4 is 20.9 Å². The van der Waals surface area contributed by atoms with Crippen LogP contribution in [0.2, 0.25) is 0 Å². The molecule has 0 aromatic carbocycles. The number of carbonyl (C=O) groups is 1. The zero-order valence-corrected chi connectivity index (χ0v) is 19.4. The number of alkyl carbamates (subject to hydrolysis) is 1. The van der Waals surface area contributed by atoms with Crippen LogP contribution in [-0.2, 0) is 4.74 Å². The summed E-state index contributed by atoms with van der Waals surface area (Å²) in [5.74, 6) is 0.550. The molecule has 3 rings (SSSR count). The molecule has 1 atom stereocenters. The minimum Gasteiger partial charge on any atom is -0.444 e. The van der Waals surface area contributed by atoms with Crippen molar-refractivity contribution in [2.45, 2.75) is 71.6 Å². The van der Waals surface area contributed by atoms with E-state index < -0.39 is 5.60 Å². The molecule has 2 aromatic rings. The van der Waals surface area contributed by atoms with E-state index >= 15 is 0 Å². The molecule has 170 valence electrons. The Hall–Kier alpha value is -2.77. The SMILES string of the molecule is CCCCC1N(C)c2c(N)nc3cccnc3c2N1CCCCNC(=O)OC(C)(C)C. The second kappa shape index (κ2) is 9.58. The number of hydrogen-bond acceptors (Lipinski definition) is 7. The zero-order valence-electron chi connectivity index (χ0n) is 19.4. The monoisotopic (exact) mass is 428 g/mol. The Balaban J connectivity index is 1.73. The van der Waals surface area contributed by atoms with Crippen LogP contribution >= 0.6 is 0 Å². The molecular formula is C23H36N6O2. The van der Waals surface area contributed by atoms with Crippen molar-refractivity contribution in [3.8, 4) is 0 Å². The highest BCUT2D eigenvalue weighted by atomic mass is 16.6. The van der Waals surface area contributed by atoms with Crippen LogP contribution in [-0.4, -0.2) is 48.0 Å². The molecule has 1 unspecified atom stereocenters. The maximum absolute atomic E-state index is 11.9. The Morgan fingerprint density at radius 1 is 1.26 bits per heavy atom. The lowest BCUT2D eigenvalue weighted by Crippen LogP contribution is -2.42. The fraction of sp³-hybridized carbons (Fsp3) is 0.609. The van der Waals surface area contributed by atoms with Crippen LogP contribution in [0.3, 0.4) is 0 Å². The molecule has 2 aromatic heterocycles. The molecule has 1 amide bonds. The summed E-state index contributed by atoms with van der Waals surface area (Å²) in [7, 11) is 2.09. The summed E-state index contributed by atoms with van der Waals surface area (Å²) in [5.41, 5.74) is 9.65. The molecule has 8 nitrogen and oxygen atoms in total. The van der Waals surface area contributed by atoms with Crippen LogP contribution in [0.5, 0.6) is 0 Å². The number of anilines is 3. The Bertz CT molecular complexity index is 911. The number of carbonyl (C=O) groups excluding carboxylic acids is 1. The van der Waals surface area contributed by atoms with Gasteiger partial charge in [0.2, 0.25) is 0 Å². The molecular weight excluding hydrogens is 392 g/mol. The third-order valence-corrected chi connectivity index (χ3v) is 5.48. The van der Waals surface area contributed by atoms with Gasteiger partial charge in [-0.05, 0) is 58.6 Å². The zero-order chi connectivity index (χ0) is 22.6. The van der Waals surface area contributed by atoms with Crippen LogP contribution in [0, 0.1) is 0 Å². The molecule has 31 heavy (non-hydrogen) atoms. The lowest BCUT2D eigenvalue weighted by molar-refractivity contribution is 0.0527. The van der Waals surface area contributed by atoms with Crippen LogP contribution in [0.1, 0.15) is 59.8 Å². The fourth-order valence-electron chi connectivity index (χ4n) is 4.12. The quantitative estimate of drug-likeness (QED) is 0.605. The van der Waals surface area contributed by atoms with Gasteiger partial charge >= 0.3 is 6.09 Å². The van der Waals surface area contributed by atoms with E-state index in [1.165, 1.54) is 0 Å².